The number of allylic oxidation sites excluding steroid dienone is 1. The summed E-state index contributed by atoms with van der Waals surface area (Å²) in [6.07, 6.45) is 2.64. The van der Waals surface area contributed by atoms with Gasteiger partial charge >= 0.3 is 0 Å². The van der Waals surface area contributed by atoms with Crippen molar-refractivity contribution in [3.8, 4) is 0 Å². The largest absolute Gasteiger partial charge is 0.378 e. The second-order valence-corrected chi connectivity index (χ2v) is 8.06. The van der Waals surface area contributed by atoms with Crippen molar-refractivity contribution in [1.82, 2.24) is 5.32 Å². The fraction of sp³-hybridized carbons (Fsp3) is 0.300. The van der Waals surface area contributed by atoms with Gasteiger partial charge in [0.05, 0.1) is 0 Å². The quantitative estimate of drug-likeness (QED) is 0.717. The summed E-state index contributed by atoms with van der Waals surface area (Å²) in [7, 11) is 0. The van der Waals surface area contributed by atoms with Gasteiger partial charge in [0.25, 0.3) is 0 Å². The van der Waals surface area contributed by atoms with Crippen LogP contribution >= 0.6 is 34.8 Å². The average Bonchev–Trinajstić information content (AvgIpc) is 2.95. The SMILES string of the molecule is OC1NCC2CC(c3ccc(Cl)cc3)C(c3ccc(Cl)cc3Cl)=CC21. The molecule has 2 aromatic rings. The second kappa shape index (κ2) is 6.94. The van der Waals surface area contributed by atoms with E-state index in [9.17, 15) is 5.11 Å². The number of hydrogen-bond acceptors (Lipinski definition) is 2. The third-order valence-corrected chi connectivity index (χ3v) is 6.10. The molecule has 2 aromatic carbocycles. The average molecular weight is 395 g/mol. The van der Waals surface area contributed by atoms with E-state index in [2.05, 4.69) is 23.5 Å². The number of benzene rings is 2. The molecule has 0 spiro atoms. The van der Waals surface area contributed by atoms with Crippen LogP contribution in [0, 0.1) is 11.8 Å². The molecule has 0 amide bonds. The lowest BCUT2D eigenvalue weighted by Crippen LogP contribution is -2.27. The highest BCUT2D eigenvalue weighted by molar-refractivity contribution is 6.35. The van der Waals surface area contributed by atoms with Gasteiger partial charge in [0, 0.05) is 33.4 Å². The van der Waals surface area contributed by atoms with Gasteiger partial charge in [-0.3, -0.25) is 5.32 Å². The van der Waals surface area contributed by atoms with Gasteiger partial charge in [0.2, 0.25) is 0 Å². The van der Waals surface area contributed by atoms with Crippen LogP contribution in [-0.4, -0.2) is 17.9 Å². The standard InChI is InChI=1S/C20H18Cl3NO/c21-13-3-1-11(2-4-13)16-7-12-10-24-20(25)17(12)9-18(16)15-6-5-14(22)8-19(15)23/h1-6,8-9,12,16-17,20,24-25H,7,10H2. The highest BCUT2D eigenvalue weighted by atomic mass is 35.5. The predicted molar refractivity (Wildman–Crippen MR) is 104 cm³/mol. The van der Waals surface area contributed by atoms with E-state index in [0.717, 1.165) is 29.1 Å². The molecule has 1 aliphatic carbocycles. The number of aliphatic hydroxyl groups is 1. The molecule has 2 nitrogen and oxygen atoms in total. The minimum Gasteiger partial charge on any atom is -0.378 e. The molecule has 0 radical (unpaired) electrons. The number of halogens is 3. The molecule has 0 bridgehead atoms. The smallest absolute Gasteiger partial charge is 0.111 e. The van der Waals surface area contributed by atoms with Gasteiger partial charge in [-0.2, -0.15) is 0 Å². The molecule has 2 N–H and O–H groups in total. The maximum Gasteiger partial charge on any atom is 0.111 e. The Morgan fingerprint density at radius 3 is 2.40 bits per heavy atom. The Balaban J connectivity index is 1.82. The molecule has 0 saturated carbocycles. The van der Waals surface area contributed by atoms with Crippen LogP contribution in [0.25, 0.3) is 5.57 Å². The highest BCUT2D eigenvalue weighted by Crippen LogP contribution is 2.48. The van der Waals surface area contributed by atoms with E-state index in [-0.39, 0.29) is 11.8 Å². The maximum atomic E-state index is 10.3. The van der Waals surface area contributed by atoms with E-state index in [1.807, 2.05) is 24.3 Å². The van der Waals surface area contributed by atoms with Crippen LogP contribution in [0.5, 0.6) is 0 Å². The lowest BCUT2D eigenvalue weighted by molar-refractivity contribution is 0.119. The maximum absolute atomic E-state index is 10.3. The fourth-order valence-electron chi connectivity index (χ4n) is 4.03. The Hall–Kier alpha value is -1.03. The van der Waals surface area contributed by atoms with E-state index in [1.54, 1.807) is 6.07 Å². The summed E-state index contributed by atoms with van der Waals surface area (Å²) in [5.74, 6) is 0.722. The lowest BCUT2D eigenvalue weighted by Gasteiger charge is -2.33. The molecule has 1 saturated heterocycles. The van der Waals surface area contributed by atoms with Crippen molar-refractivity contribution in [2.24, 2.45) is 11.8 Å². The minimum atomic E-state index is -0.503. The van der Waals surface area contributed by atoms with Crippen molar-refractivity contribution in [2.75, 3.05) is 6.54 Å². The number of rotatable bonds is 2. The zero-order valence-electron chi connectivity index (χ0n) is 13.4. The Bertz CT molecular complexity index is 818. The first-order chi connectivity index (χ1) is 12.0. The third kappa shape index (κ3) is 3.34. The normalized spacial score (nSPS) is 28.6. The Morgan fingerprint density at radius 1 is 0.960 bits per heavy atom. The van der Waals surface area contributed by atoms with Crippen molar-refractivity contribution in [3.63, 3.8) is 0 Å². The first-order valence-electron chi connectivity index (χ1n) is 8.37. The molecule has 0 aromatic heterocycles. The summed E-state index contributed by atoms with van der Waals surface area (Å²) < 4.78 is 0. The van der Waals surface area contributed by atoms with Crippen LogP contribution in [0.1, 0.15) is 23.5 Å². The molecule has 4 rings (SSSR count). The van der Waals surface area contributed by atoms with Gasteiger partial charge in [0.15, 0.2) is 0 Å². The Morgan fingerprint density at radius 2 is 1.68 bits per heavy atom. The molecule has 4 unspecified atom stereocenters. The predicted octanol–water partition coefficient (Wildman–Crippen LogP) is 5.37. The number of fused-ring (bicyclic) bond motifs is 1. The minimum absolute atomic E-state index is 0.102. The summed E-state index contributed by atoms with van der Waals surface area (Å²) in [6.45, 7) is 0.827. The van der Waals surface area contributed by atoms with Gasteiger partial charge in [-0.05, 0) is 53.3 Å². The molecular weight excluding hydrogens is 377 g/mol. The Kier molecular flexibility index (Phi) is 4.83. The van der Waals surface area contributed by atoms with Gasteiger partial charge in [-0.15, -0.1) is 0 Å². The number of hydrogen-bond donors (Lipinski definition) is 2. The molecule has 25 heavy (non-hydrogen) atoms. The summed E-state index contributed by atoms with van der Waals surface area (Å²) in [5, 5.41) is 15.4. The highest BCUT2D eigenvalue weighted by Gasteiger charge is 2.40. The lowest BCUT2D eigenvalue weighted by atomic mass is 9.71. The topological polar surface area (TPSA) is 32.3 Å². The fourth-order valence-corrected chi connectivity index (χ4v) is 4.68. The van der Waals surface area contributed by atoms with Gasteiger partial charge in [0.1, 0.15) is 6.23 Å². The summed E-state index contributed by atoms with van der Waals surface area (Å²) in [5.41, 5.74) is 3.33. The van der Waals surface area contributed by atoms with Crippen molar-refractivity contribution in [2.45, 2.75) is 18.6 Å². The van der Waals surface area contributed by atoms with Gasteiger partial charge in [-0.1, -0.05) is 59.1 Å². The zero-order chi connectivity index (χ0) is 17.6. The van der Waals surface area contributed by atoms with Crippen LogP contribution in [0.15, 0.2) is 48.5 Å². The molecule has 1 fully saturated rings. The molecule has 4 atom stereocenters. The molecule has 1 heterocycles. The molecular formula is C20H18Cl3NO. The second-order valence-electron chi connectivity index (χ2n) is 6.78. The first kappa shape index (κ1) is 17.4. The van der Waals surface area contributed by atoms with E-state index in [0.29, 0.717) is 16.0 Å². The van der Waals surface area contributed by atoms with Crippen LogP contribution in [0.4, 0.5) is 0 Å². The van der Waals surface area contributed by atoms with Crippen LogP contribution in [0.2, 0.25) is 15.1 Å². The van der Waals surface area contributed by atoms with E-state index in [4.69, 9.17) is 34.8 Å². The number of nitrogens with one attached hydrogen (secondary N) is 1. The zero-order valence-corrected chi connectivity index (χ0v) is 15.7. The molecule has 130 valence electrons. The van der Waals surface area contributed by atoms with Crippen molar-refractivity contribution >= 4 is 40.4 Å². The van der Waals surface area contributed by atoms with Crippen LogP contribution in [0.3, 0.4) is 0 Å². The third-order valence-electron chi connectivity index (χ3n) is 5.30. The molecule has 2 aliphatic rings. The van der Waals surface area contributed by atoms with Crippen molar-refractivity contribution in [1.29, 1.82) is 0 Å². The van der Waals surface area contributed by atoms with E-state index in [1.165, 1.54) is 5.56 Å². The number of aliphatic hydroxyl groups excluding tert-OH is 1. The van der Waals surface area contributed by atoms with Gasteiger partial charge in [-0.25, -0.2) is 0 Å². The first-order valence-corrected chi connectivity index (χ1v) is 9.50. The Labute approximate surface area is 162 Å². The van der Waals surface area contributed by atoms with E-state index < -0.39 is 6.23 Å². The monoisotopic (exact) mass is 393 g/mol. The van der Waals surface area contributed by atoms with Crippen LogP contribution in [-0.2, 0) is 0 Å². The van der Waals surface area contributed by atoms with Gasteiger partial charge < -0.3 is 5.11 Å². The van der Waals surface area contributed by atoms with Crippen LogP contribution < -0.4 is 5.32 Å². The van der Waals surface area contributed by atoms with Crippen molar-refractivity contribution in [3.05, 3.63) is 74.7 Å². The summed E-state index contributed by atoms with van der Waals surface area (Å²) in [4.78, 5) is 0. The van der Waals surface area contributed by atoms with E-state index >= 15 is 0 Å². The molecule has 1 aliphatic heterocycles. The van der Waals surface area contributed by atoms with Crippen molar-refractivity contribution < 1.29 is 5.11 Å². The molecule has 5 heteroatoms. The summed E-state index contributed by atoms with van der Waals surface area (Å²) in [6, 6.07) is 13.6. The summed E-state index contributed by atoms with van der Waals surface area (Å²) >= 11 is 18.6.